The van der Waals surface area contributed by atoms with E-state index in [0.29, 0.717) is 13.2 Å². The molecular formula is C8H13NO. The lowest BCUT2D eigenvalue weighted by atomic mass is 10.1. The third-order valence-electron chi connectivity index (χ3n) is 1.23. The Morgan fingerprint density at radius 1 is 1.80 bits per heavy atom. The lowest BCUT2D eigenvalue weighted by Gasteiger charge is -2.03. The van der Waals surface area contributed by atoms with Crippen LogP contribution in [0.3, 0.4) is 0 Å². The van der Waals surface area contributed by atoms with Gasteiger partial charge in [0.25, 0.3) is 0 Å². The van der Waals surface area contributed by atoms with Gasteiger partial charge < -0.3 is 4.74 Å². The van der Waals surface area contributed by atoms with Gasteiger partial charge in [0.15, 0.2) is 0 Å². The summed E-state index contributed by atoms with van der Waals surface area (Å²) in [4.78, 5) is 0. The molecule has 0 aliphatic heterocycles. The van der Waals surface area contributed by atoms with Gasteiger partial charge >= 0.3 is 0 Å². The zero-order valence-corrected chi connectivity index (χ0v) is 6.34. The molecule has 2 heteroatoms. The van der Waals surface area contributed by atoms with E-state index in [-0.39, 0.29) is 5.92 Å². The summed E-state index contributed by atoms with van der Waals surface area (Å²) in [6.45, 7) is 6.55. The van der Waals surface area contributed by atoms with Crippen LogP contribution in [0.15, 0.2) is 12.7 Å². The molecule has 0 aliphatic carbocycles. The standard InChI is InChI=1S/C8H13NO/c1-3-5-10-7-8(4-2)6-9/h3,8H,1,4-5,7H2,2H3. The molecule has 0 N–H and O–H groups in total. The highest BCUT2D eigenvalue weighted by atomic mass is 16.5. The topological polar surface area (TPSA) is 33.0 Å². The van der Waals surface area contributed by atoms with E-state index in [1.165, 1.54) is 0 Å². The molecule has 0 saturated heterocycles. The van der Waals surface area contributed by atoms with Crippen molar-refractivity contribution in [2.24, 2.45) is 5.92 Å². The Balaban J connectivity index is 3.28. The first-order valence-electron chi connectivity index (χ1n) is 3.43. The molecule has 0 amide bonds. The first kappa shape index (κ1) is 9.19. The monoisotopic (exact) mass is 139 g/mol. The summed E-state index contributed by atoms with van der Waals surface area (Å²) >= 11 is 0. The molecule has 10 heavy (non-hydrogen) atoms. The maximum absolute atomic E-state index is 8.47. The van der Waals surface area contributed by atoms with Crippen LogP contribution in [-0.4, -0.2) is 13.2 Å². The van der Waals surface area contributed by atoms with E-state index in [0.717, 1.165) is 6.42 Å². The van der Waals surface area contributed by atoms with Gasteiger partial charge in [-0.1, -0.05) is 13.0 Å². The van der Waals surface area contributed by atoms with E-state index in [4.69, 9.17) is 10.00 Å². The Morgan fingerprint density at radius 2 is 2.50 bits per heavy atom. The molecule has 1 unspecified atom stereocenters. The molecule has 0 saturated carbocycles. The highest BCUT2D eigenvalue weighted by molar-refractivity contribution is 4.81. The third kappa shape index (κ3) is 4.11. The third-order valence-corrected chi connectivity index (χ3v) is 1.23. The zero-order chi connectivity index (χ0) is 7.82. The molecule has 1 atom stereocenters. The Morgan fingerprint density at radius 3 is 2.90 bits per heavy atom. The molecule has 0 aromatic rings. The van der Waals surface area contributed by atoms with E-state index in [9.17, 15) is 0 Å². The quantitative estimate of drug-likeness (QED) is 0.429. The van der Waals surface area contributed by atoms with Crippen molar-refractivity contribution in [1.29, 1.82) is 5.26 Å². The normalized spacial score (nSPS) is 12.0. The van der Waals surface area contributed by atoms with Crippen molar-refractivity contribution in [3.8, 4) is 6.07 Å². The van der Waals surface area contributed by atoms with Crippen molar-refractivity contribution in [2.75, 3.05) is 13.2 Å². The highest BCUT2D eigenvalue weighted by Crippen LogP contribution is 1.99. The number of nitrogens with zero attached hydrogens (tertiary/aromatic N) is 1. The predicted octanol–water partition coefficient (Wildman–Crippen LogP) is 1.74. The van der Waals surface area contributed by atoms with Gasteiger partial charge in [-0.15, -0.1) is 6.58 Å². The average Bonchev–Trinajstić information content (AvgIpc) is 1.99. The molecule has 0 spiro atoms. The number of hydrogen-bond acceptors (Lipinski definition) is 2. The number of nitriles is 1. The Labute approximate surface area is 62.1 Å². The fourth-order valence-electron chi connectivity index (χ4n) is 0.540. The summed E-state index contributed by atoms with van der Waals surface area (Å²) in [5.74, 6) is 0.0416. The summed E-state index contributed by atoms with van der Waals surface area (Å²) in [5, 5.41) is 8.47. The number of rotatable bonds is 5. The number of ether oxygens (including phenoxy) is 1. The summed E-state index contributed by atoms with van der Waals surface area (Å²) in [5.41, 5.74) is 0. The van der Waals surface area contributed by atoms with Gasteiger partial charge in [0.1, 0.15) is 0 Å². The van der Waals surface area contributed by atoms with E-state index >= 15 is 0 Å². The molecule has 0 aromatic heterocycles. The average molecular weight is 139 g/mol. The van der Waals surface area contributed by atoms with Crippen molar-refractivity contribution in [2.45, 2.75) is 13.3 Å². The summed E-state index contributed by atoms with van der Waals surface area (Å²) in [6.07, 6.45) is 2.54. The van der Waals surface area contributed by atoms with E-state index in [1.54, 1.807) is 6.08 Å². The molecule has 2 nitrogen and oxygen atoms in total. The van der Waals surface area contributed by atoms with Crippen LogP contribution in [0.4, 0.5) is 0 Å². The van der Waals surface area contributed by atoms with Gasteiger partial charge in [-0.3, -0.25) is 0 Å². The van der Waals surface area contributed by atoms with E-state index in [2.05, 4.69) is 12.6 Å². The van der Waals surface area contributed by atoms with Crippen molar-refractivity contribution in [1.82, 2.24) is 0 Å². The zero-order valence-electron chi connectivity index (χ0n) is 6.34. The van der Waals surface area contributed by atoms with Gasteiger partial charge in [-0.05, 0) is 6.42 Å². The second-order valence-electron chi connectivity index (χ2n) is 2.06. The van der Waals surface area contributed by atoms with Crippen LogP contribution in [0.2, 0.25) is 0 Å². The van der Waals surface area contributed by atoms with Crippen LogP contribution >= 0.6 is 0 Å². The van der Waals surface area contributed by atoms with Crippen molar-refractivity contribution < 1.29 is 4.74 Å². The Kier molecular flexibility index (Phi) is 5.80. The first-order chi connectivity index (χ1) is 4.85. The minimum atomic E-state index is 0.0416. The summed E-state index contributed by atoms with van der Waals surface area (Å²) in [7, 11) is 0. The lowest BCUT2D eigenvalue weighted by Crippen LogP contribution is -2.05. The van der Waals surface area contributed by atoms with Gasteiger partial charge in [0, 0.05) is 0 Å². The molecule has 0 aliphatic rings. The largest absolute Gasteiger partial charge is 0.376 e. The van der Waals surface area contributed by atoms with Crippen LogP contribution in [0.1, 0.15) is 13.3 Å². The second-order valence-corrected chi connectivity index (χ2v) is 2.06. The molecular weight excluding hydrogens is 126 g/mol. The fraction of sp³-hybridized carbons (Fsp3) is 0.625. The molecule has 56 valence electrons. The van der Waals surface area contributed by atoms with Crippen molar-refractivity contribution in [3.63, 3.8) is 0 Å². The minimum absolute atomic E-state index is 0.0416. The van der Waals surface area contributed by atoms with Crippen LogP contribution in [0, 0.1) is 17.2 Å². The summed E-state index contributed by atoms with van der Waals surface area (Å²) < 4.78 is 5.09. The summed E-state index contributed by atoms with van der Waals surface area (Å²) in [6, 6.07) is 2.15. The number of hydrogen-bond donors (Lipinski definition) is 0. The SMILES string of the molecule is C=CCOCC(C#N)CC. The fourth-order valence-corrected chi connectivity index (χ4v) is 0.540. The van der Waals surface area contributed by atoms with Crippen LogP contribution < -0.4 is 0 Å². The van der Waals surface area contributed by atoms with Gasteiger partial charge in [0.05, 0.1) is 25.2 Å². The highest BCUT2D eigenvalue weighted by Gasteiger charge is 2.01. The minimum Gasteiger partial charge on any atom is -0.376 e. The van der Waals surface area contributed by atoms with Crippen molar-refractivity contribution >= 4 is 0 Å². The molecule has 0 rings (SSSR count). The molecule has 0 heterocycles. The van der Waals surface area contributed by atoms with Gasteiger partial charge in [0.2, 0.25) is 0 Å². The first-order valence-corrected chi connectivity index (χ1v) is 3.43. The van der Waals surface area contributed by atoms with E-state index in [1.807, 2.05) is 6.92 Å². The molecule has 0 aromatic carbocycles. The maximum Gasteiger partial charge on any atom is 0.0694 e. The van der Waals surface area contributed by atoms with Crippen LogP contribution in [-0.2, 0) is 4.74 Å². The lowest BCUT2D eigenvalue weighted by molar-refractivity contribution is 0.138. The maximum atomic E-state index is 8.47. The van der Waals surface area contributed by atoms with E-state index < -0.39 is 0 Å². The smallest absolute Gasteiger partial charge is 0.0694 e. The molecule has 0 bridgehead atoms. The second kappa shape index (κ2) is 6.31. The van der Waals surface area contributed by atoms with Crippen LogP contribution in [0.25, 0.3) is 0 Å². The molecule has 0 radical (unpaired) electrons. The Hall–Kier alpha value is -0.810. The van der Waals surface area contributed by atoms with Gasteiger partial charge in [-0.25, -0.2) is 0 Å². The Bertz CT molecular complexity index is 126. The molecule has 0 fully saturated rings. The van der Waals surface area contributed by atoms with Gasteiger partial charge in [-0.2, -0.15) is 5.26 Å². The van der Waals surface area contributed by atoms with Crippen LogP contribution in [0.5, 0.6) is 0 Å². The predicted molar refractivity (Wildman–Crippen MR) is 40.4 cm³/mol. The van der Waals surface area contributed by atoms with Crippen molar-refractivity contribution in [3.05, 3.63) is 12.7 Å².